The van der Waals surface area contributed by atoms with Crippen molar-refractivity contribution in [2.24, 2.45) is 7.05 Å². The fraction of sp³-hybridized carbons (Fsp3) is 0.143. The number of aromatic nitrogens is 1. The van der Waals surface area contributed by atoms with Gasteiger partial charge in [-0.1, -0.05) is 12.1 Å². The van der Waals surface area contributed by atoms with Crippen molar-refractivity contribution in [3.05, 3.63) is 47.7 Å². The molecule has 0 spiro atoms. The Labute approximate surface area is 104 Å². The summed E-state index contributed by atoms with van der Waals surface area (Å²) in [5, 5.41) is 9.36. The SMILES string of the molecule is Cc1ccc2c(C(=O)/C=C/C(=O)O)cn(C)c2c1. The highest BCUT2D eigenvalue weighted by Crippen LogP contribution is 2.22. The minimum Gasteiger partial charge on any atom is -0.478 e. The van der Waals surface area contributed by atoms with Crippen molar-refractivity contribution in [3.63, 3.8) is 0 Å². The van der Waals surface area contributed by atoms with E-state index in [-0.39, 0.29) is 5.78 Å². The zero-order chi connectivity index (χ0) is 13.3. The second-order valence-electron chi connectivity index (χ2n) is 4.21. The summed E-state index contributed by atoms with van der Waals surface area (Å²) in [6.07, 6.45) is 3.66. The zero-order valence-electron chi connectivity index (χ0n) is 10.2. The number of carboxylic acids is 1. The maximum absolute atomic E-state index is 11.9. The average Bonchev–Trinajstić information content (AvgIpc) is 2.63. The fourth-order valence-corrected chi connectivity index (χ4v) is 1.93. The molecule has 0 saturated heterocycles. The molecule has 0 aliphatic rings. The second-order valence-corrected chi connectivity index (χ2v) is 4.21. The number of aliphatic carboxylic acids is 1. The summed E-state index contributed by atoms with van der Waals surface area (Å²) in [6, 6.07) is 5.81. The Kier molecular flexibility index (Phi) is 3.02. The number of benzene rings is 1. The van der Waals surface area contributed by atoms with E-state index < -0.39 is 5.97 Å². The molecule has 18 heavy (non-hydrogen) atoms. The third-order valence-corrected chi connectivity index (χ3v) is 2.79. The molecule has 4 heteroatoms. The molecule has 0 saturated carbocycles. The van der Waals surface area contributed by atoms with Gasteiger partial charge in [0, 0.05) is 35.8 Å². The predicted octanol–water partition coefficient (Wildman–Crippen LogP) is 2.31. The van der Waals surface area contributed by atoms with E-state index in [1.54, 1.807) is 6.20 Å². The lowest BCUT2D eigenvalue weighted by atomic mass is 10.1. The van der Waals surface area contributed by atoms with Crippen molar-refractivity contribution in [2.75, 3.05) is 0 Å². The van der Waals surface area contributed by atoms with Gasteiger partial charge in [-0.2, -0.15) is 0 Å². The van der Waals surface area contributed by atoms with Gasteiger partial charge in [0.25, 0.3) is 0 Å². The molecule has 0 aliphatic heterocycles. The minimum atomic E-state index is -1.13. The highest BCUT2D eigenvalue weighted by Gasteiger charge is 2.11. The summed E-state index contributed by atoms with van der Waals surface area (Å²) in [7, 11) is 1.86. The molecule has 0 amide bonds. The Balaban J connectivity index is 2.52. The summed E-state index contributed by atoms with van der Waals surface area (Å²) < 4.78 is 1.87. The van der Waals surface area contributed by atoms with Crippen molar-refractivity contribution in [3.8, 4) is 0 Å². The lowest BCUT2D eigenvalue weighted by molar-refractivity contribution is -0.131. The molecule has 92 valence electrons. The minimum absolute atomic E-state index is 0.299. The van der Waals surface area contributed by atoms with Crippen LogP contribution in [0.2, 0.25) is 0 Å². The van der Waals surface area contributed by atoms with Gasteiger partial charge in [-0.3, -0.25) is 4.79 Å². The summed E-state index contributed by atoms with van der Waals surface area (Å²) in [4.78, 5) is 22.3. The van der Waals surface area contributed by atoms with Crippen molar-refractivity contribution in [2.45, 2.75) is 6.92 Å². The third kappa shape index (κ3) is 2.18. The number of rotatable bonds is 3. The van der Waals surface area contributed by atoms with Gasteiger partial charge in [0.15, 0.2) is 5.78 Å². The molecular formula is C14H13NO3. The number of carbonyl (C=O) groups is 2. The van der Waals surface area contributed by atoms with Crippen LogP contribution in [0.3, 0.4) is 0 Å². The Morgan fingerprint density at radius 3 is 2.67 bits per heavy atom. The predicted molar refractivity (Wildman–Crippen MR) is 68.8 cm³/mol. The van der Waals surface area contributed by atoms with Crippen LogP contribution >= 0.6 is 0 Å². The number of carboxylic acid groups (broad SMARTS) is 1. The largest absolute Gasteiger partial charge is 0.478 e. The molecule has 0 unspecified atom stereocenters. The van der Waals surface area contributed by atoms with Crippen molar-refractivity contribution < 1.29 is 14.7 Å². The van der Waals surface area contributed by atoms with Gasteiger partial charge < -0.3 is 9.67 Å². The van der Waals surface area contributed by atoms with Crippen LogP contribution in [0.15, 0.2) is 36.5 Å². The Hall–Kier alpha value is -2.36. The van der Waals surface area contributed by atoms with Crippen LogP contribution in [0.4, 0.5) is 0 Å². The molecule has 1 aromatic heterocycles. The average molecular weight is 243 g/mol. The van der Waals surface area contributed by atoms with E-state index in [0.29, 0.717) is 5.56 Å². The van der Waals surface area contributed by atoms with E-state index in [1.807, 2.05) is 36.7 Å². The molecule has 4 nitrogen and oxygen atoms in total. The van der Waals surface area contributed by atoms with E-state index in [1.165, 1.54) is 0 Å². The van der Waals surface area contributed by atoms with Crippen molar-refractivity contribution >= 4 is 22.7 Å². The maximum atomic E-state index is 11.9. The van der Waals surface area contributed by atoms with Crippen LogP contribution in [0.1, 0.15) is 15.9 Å². The van der Waals surface area contributed by atoms with Crippen LogP contribution < -0.4 is 0 Å². The highest BCUT2D eigenvalue weighted by molar-refractivity contribution is 6.14. The van der Waals surface area contributed by atoms with E-state index in [4.69, 9.17) is 5.11 Å². The van der Waals surface area contributed by atoms with Crippen LogP contribution in [0.25, 0.3) is 10.9 Å². The Bertz CT molecular complexity index is 665. The standard InChI is InChI=1S/C14H13NO3/c1-9-3-4-10-11(8-15(2)12(10)7-9)13(16)5-6-14(17)18/h3-8H,1-2H3,(H,17,18)/b6-5+. The van der Waals surface area contributed by atoms with Crippen molar-refractivity contribution in [1.82, 2.24) is 4.57 Å². The lowest BCUT2D eigenvalue weighted by Gasteiger charge is -1.97. The summed E-state index contributed by atoms with van der Waals surface area (Å²) in [5.74, 6) is -1.42. The van der Waals surface area contributed by atoms with E-state index in [0.717, 1.165) is 28.6 Å². The van der Waals surface area contributed by atoms with Gasteiger partial charge in [0.05, 0.1) is 0 Å². The fourth-order valence-electron chi connectivity index (χ4n) is 1.93. The van der Waals surface area contributed by atoms with Crippen LogP contribution in [-0.2, 0) is 11.8 Å². The number of allylic oxidation sites excluding steroid dienone is 1. The number of aryl methyl sites for hydroxylation is 2. The molecular weight excluding hydrogens is 230 g/mol. The molecule has 2 rings (SSSR count). The monoisotopic (exact) mass is 243 g/mol. The topological polar surface area (TPSA) is 59.3 Å². The molecule has 2 aromatic rings. The van der Waals surface area contributed by atoms with Gasteiger partial charge in [-0.15, -0.1) is 0 Å². The molecule has 0 radical (unpaired) electrons. The molecule has 0 atom stereocenters. The molecule has 1 aromatic carbocycles. The summed E-state index contributed by atoms with van der Waals surface area (Å²) in [6.45, 7) is 1.98. The number of nitrogens with zero attached hydrogens (tertiary/aromatic N) is 1. The quantitative estimate of drug-likeness (QED) is 0.664. The number of ketones is 1. The molecule has 0 bridgehead atoms. The van der Waals surface area contributed by atoms with Gasteiger partial charge in [0.1, 0.15) is 0 Å². The van der Waals surface area contributed by atoms with E-state index in [9.17, 15) is 9.59 Å². The Morgan fingerprint density at radius 2 is 2.00 bits per heavy atom. The number of carbonyl (C=O) groups excluding carboxylic acids is 1. The smallest absolute Gasteiger partial charge is 0.328 e. The van der Waals surface area contributed by atoms with Crippen molar-refractivity contribution in [1.29, 1.82) is 0 Å². The second kappa shape index (κ2) is 4.49. The first-order chi connectivity index (χ1) is 8.49. The first-order valence-corrected chi connectivity index (χ1v) is 5.50. The summed E-state index contributed by atoms with van der Waals surface area (Å²) >= 11 is 0. The van der Waals surface area contributed by atoms with Gasteiger partial charge in [0.2, 0.25) is 0 Å². The molecule has 0 fully saturated rings. The van der Waals surface area contributed by atoms with E-state index >= 15 is 0 Å². The normalized spacial score (nSPS) is 11.2. The van der Waals surface area contributed by atoms with Crippen LogP contribution in [0, 0.1) is 6.92 Å². The van der Waals surface area contributed by atoms with Crippen LogP contribution in [-0.4, -0.2) is 21.4 Å². The zero-order valence-corrected chi connectivity index (χ0v) is 10.2. The number of fused-ring (bicyclic) bond motifs is 1. The first-order valence-electron chi connectivity index (χ1n) is 5.50. The molecule has 1 N–H and O–H groups in total. The third-order valence-electron chi connectivity index (χ3n) is 2.79. The molecule has 1 heterocycles. The number of hydrogen-bond acceptors (Lipinski definition) is 2. The highest BCUT2D eigenvalue weighted by atomic mass is 16.4. The maximum Gasteiger partial charge on any atom is 0.328 e. The van der Waals surface area contributed by atoms with Gasteiger partial charge in [-0.05, 0) is 24.6 Å². The molecule has 0 aliphatic carbocycles. The first kappa shape index (κ1) is 12.1. The lowest BCUT2D eigenvalue weighted by Crippen LogP contribution is -1.95. The van der Waals surface area contributed by atoms with E-state index in [2.05, 4.69) is 0 Å². The van der Waals surface area contributed by atoms with Gasteiger partial charge >= 0.3 is 5.97 Å². The van der Waals surface area contributed by atoms with Gasteiger partial charge in [-0.25, -0.2) is 4.79 Å². The summed E-state index contributed by atoms with van der Waals surface area (Å²) in [5.41, 5.74) is 2.59. The Morgan fingerprint density at radius 1 is 1.28 bits per heavy atom. The van der Waals surface area contributed by atoms with Crippen LogP contribution in [0.5, 0.6) is 0 Å². The number of hydrogen-bond donors (Lipinski definition) is 1.